The van der Waals surface area contributed by atoms with Gasteiger partial charge in [-0.2, -0.15) is 0 Å². The number of fused-ring (bicyclic) bond motifs is 1. The zero-order valence-electron chi connectivity index (χ0n) is 13.7. The second kappa shape index (κ2) is 7.18. The number of carbonyl (C=O) groups is 1. The number of benzene rings is 1. The molecule has 0 bridgehead atoms. The van der Waals surface area contributed by atoms with Crippen LogP contribution in [0.4, 0.5) is 5.69 Å². The van der Waals surface area contributed by atoms with E-state index in [4.69, 9.17) is 0 Å². The van der Waals surface area contributed by atoms with Gasteiger partial charge < -0.3 is 4.90 Å². The summed E-state index contributed by atoms with van der Waals surface area (Å²) < 4.78 is 0. The summed E-state index contributed by atoms with van der Waals surface area (Å²) in [7, 11) is 0. The summed E-state index contributed by atoms with van der Waals surface area (Å²) in [6.07, 6.45) is 4.84. The second-order valence-electron chi connectivity index (χ2n) is 5.84. The minimum absolute atomic E-state index is 0.179. The van der Waals surface area contributed by atoms with E-state index in [2.05, 4.69) is 43.1 Å². The summed E-state index contributed by atoms with van der Waals surface area (Å²) in [4.78, 5) is 19.2. The molecule has 0 spiro atoms. The van der Waals surface area contributed by atoms with Gasteiger partial charge in [-0.15, -0.1) is 0 Å². The molecule has 3 rings (SSSR count). The Morgan fingerprint density at radius 3 is 3.00 bits per heavy atom. The van der Waals surface area contributed by atoms with E-state index in [1.807, 2.05) is 11.0 Å². The molecular formula is C19H22N2OS. The second-order valence-corrected chi connectivity index (χ2v) is 6.81. The van der Waals surface area contributed by atoms with Crippen molar-refractivity contribution >= 4 is 23.4 Å². The molecule has 2 aromatic rings. The summed E-state index contributed by atoms with van der Waals surface area (Å²) in [6.45, 7) is 5.03. The maximum Gasteiger partial charge on any atom is 0.237 e. The van der Waals surface area contributed by atoms with Crippen molar-refractivity contribution in [2.75, 3.05) is 17.2 Å². The lowest BCUT2D eigenvalue weighted by atomic mass is 9.98. The number of amides is 1. The predicted octanol–water partition coefficient (Wildman–Crippen LogP) is 4.02. The van der Waals surface area contributed by atoms with Crippen molar-refractivity contribution in [3.63, 3.8) is 0 Å². The van der Waals surface area contributed by atoms with E-state index in [9.17, 15) is 4.79 Å². The van der Waals surface area contributed by atoms with Crippen LogP contribution in [-0.2, 0) is 17.6 Å². The molecule has 1 aliphatic rings. The van der Waals surface area contributed by atoms with Gasteiger partial charge in [-0.3, -0.25) is 4.79 Å². The van der Waals surface area contributed by atoms with Crippen LogP contribution in [-0.4, -0.2) is 23.2 Å². The molecule has 0 radical (unpaired) electrons. The number of aryl methyl sites for hydroxylation is 3. The lowest BCUT2D eigenvalue weighted by Crippen LogP contribution is -2.37. The van der Waals surface area contributed by atoms with Crippen molar-refractivity contribution in [3.8, 4) is 0 Å². The molecule has 0 saturated heterocycles. The van der Waals surface area contributed by atoms with E-state index in [1.54, 1.807) is 18.0 Å². The summed E-state index contributed by atoms with van der Waals surface area (Å²) in [5.41, 5.74) is 4.82. The third-order valence-electron chi connectivity index (χ3n) is 4.28. The molecule has 4 heteroatoms. The van der Waals surface area contributed by atoms with Gasteiger partial charge in [-0.05, 0) is 48.9 Å². The summed E-state index contributed by atoms with van der Waals surface area (Å²) in [5.74, 6) is 0.621. The monoisotopic (exact) mass is 326 g/mol. The zero-order chi connectivity index (χ0) is 16.2. The fourth-order valence-corrected chi connectivity index (χ4v) is 4.08. The van der Waals surface area contributed by atoms with Crippen molar-refractivity contribution in [2.45, 2.75) is 38.1 Å². The maximum atomic E-state index is 12.8. The average Bonchev–Trinajstić information content (AvgIpc) is 2.59. The Morgan fingerprint density at radius 1 is 1.30 bits per heavy atom. The smallest absolute Gasteiger partial charge is 0.237 e. The number of hydrogen-bond donors (Lipinski definition) is 0. The number of para-hydroxylation sites is 1. The number of carbonyl (C=O) groups excluding carboxylic acids is 1. The first-order valence-corrected chi connectivity index (χ1v) is 9.14. The fraction of sp³-hybridized carbons (Fsp3) is 0.368. The molecule has 0 saturated carbocycles. The number of anilines is 1. The molecule has 1 aromatic carbocycles. The average molecular weight is 326 g/mol. The van der Waals surface area contributed by atoms with Gasteiger partial charge in [0.1, 0.15) is 0 Å². The lowest BCUT2D eigenvalue weighted by molar-refractivity contribution is -0.116. The largest absolute Gasteiger partial charge is 0.311 e. The van der Waals surface area contributed by atoms with E-state index >= 15 is 0 Å². The quantitative estimate of drug-likeness (QED) is 0.796. The van der Waals surface area contributed by atoms with Crippen LogP contribution < -0.4 is 4.90 Å². The highest BCUT2D eigenvalue weighted by molar-refractivity contribution is 8.00. The Hall–Kier alpha value is -1.81. The van der Waals surface area contributed by atoms with Crippen LogP contribution in [0.1, 0.15) is 30.0 Å². The highest BCUT2D eigenvalue weighted by atomic mass is 32.2. The number of rotatable bonds is 4. The Balaban J connectivity index is 1.75. The Labute approximate surface area is 142 Å². The molecule has 3 nitrogen and oxygen atoms in total. The van der Waals surface area contributed by atoms with E-state index in [0.29, 0.717) is 5.75 Å². The van der Waals surface area contributed by atoms with Crippen LogP contribution in [0.5, 0.6) is 0 Å². The SMILES string of the molecule is CCc1cccnc1SCC(=O)N1CCCc2cccc(C)c21. The van der Waals surface area contributed by atoms with Gasteiger partial charge >= 0.3 is 0 Å². The van der Waals surface area contributed by atoms with E-state index in [0.717, 1.165) is 36.5 Å². The Morgan fingerprint density at radius 2 is 2.17 bits per heavy atom. The summed E-state index contributed by atoms with van der Waals surface area (Å²) in [6, 6.07) is 10.3. The van der Waals surface area contributed by atoms with Gasteiger partial charge in [-0.25, -0.2) is 4.98 Å². The number of thioether (sulfide) groups is 1. The molecule has 0 atom stereocenters. The molecular weight excluding hydrogens is 304 g/mol. The van der Waals surface area contributed by atoms with Gasteiger partial charge in [0.15, 0.2) is 0 Å². The highest BCUT2D eigenvalue weighted by Gasteiger charge is 2.24. The van der Waals surface area contributed by atoms with Crippen LogP contribution in [0, 0.1) is 6.92 Å². The molecule has 0 fully saturated rings. The molecule has 0 unspecified atom stereocenters. The van der Waals surface area contributed by atoms with Crippen molar-refractivity contribution in [2.24, 2.45) is 0 Å². The highest BCUT2D eigenvalue weighted by Crippen LogP contribution is 2.31. The van der Waals surface area contributed by atoms with E-state index < -0.39 is 0 Å². The van der Waals surface area contributed by atoms with Crippen molar-refractivity contribution in [1.82, 2.24) is 4.98 Å². The Kier molecular flexibility index (Phi) is 5.01. The number of hydrogen-bond acceptors (Lipinski definition) is 3. The van der Waals surface area contributed by atoms with E-state index in [1.165, 1.54) is 16.7 Å². The minimum Gasteiger partial charge on any atom is -0.311 e. The third-order valence-corrected chi connectivity index (χ3v) is 5.32. The van der Waals surface area contributed by atoms with Crippen molar-refractivity contribution < 1.29 is 4.79 Å². The molecule has 120 valence electrons. The molecule has 0 aliphatic carbocycles. The van der Waals surface area contributed by atoms with Crippen molar-refractivity contribution in [3.05, 3.63) is 53.2 Å². The van der Waals surface area contributed by atoms with Crippen LogP contribution in [0.2, 0.25) is 0 Å². The molecule has 1 amide bonds. The van der Waals surface area contributed by atoms with E-state index in [-0.39, 0.29) is 5.91 Å². The third kappa shape index (κ3) is 3.42. The molecule has 1 aromatic heterocycles. The zero-order valence-corrected chi connectivity index (χ0v) is 14.5. The Bertz CT molecular complexity index is 714. The normalized spacial score (nSPS) is 13.7. The van der Waals surface area contributed by atoms with Crippen LogP contribution >= 0.6 is 11.8 Å². The van der Waals surface area contributed by atoms with Crippen LogP contribution in [0.25, 0.3) is 0 Å². The van der Waals surface area contributed by atoms with Gasteiger partial charge in [0.25, 0.3) is 0 Å². The molecule has 23 heavy (non-hydrogen) atoms. The standard InChI is InChI=1S/C19H22N2OS/c1-3-15-9-5-11-20-19(15)23-13-17(22)21-12-6-10-16-8-4-7-14(2)18(16)21/h4-5,7-9,11H,3,6,10,12-13H2,1-2H3. The van der Waals surface area contributed by atoms with Crippen LogP contribution in [0.3, 0.4) is 0 Å². The van der Waals surface area contributed by atoms with Crippen LogP contribution in [0.15, 0.2) is 41.6 Å². The predicted molar refractivity (Wildman–Crippen MR) is 96.2 cm³/mol. The first-order chi connectivity index (χ1) is 11.2. The van der Waals surface area contributed by atoms with Gasteiger partial charge in [0.2, 0.25) is 5.91 Å². The minimum atomic E-state index is 0.179. The number of aromatic nitrogens is 1. The topological polar surface area (TPSA) is 33.2 Å². The van der Waals surface area contributed by atoms with Crippen molar-refractivity contribution in [1.29, 1.82) is 0 Å². The fourth-order valence-electron chi connectivity index (χ4n) is 3.13. The first kappa shape index (κ1) is 16.1. The summed E-state index contributed by atoms with van der Waals surface area (Å²) in [5, 5.41) is 0.977. The maximum absolute atomic E-state index is 12.8. The van der Waals surface area contributed by atoms with Gasteiger partial charge in [0.05, 0.1) is 10.8 Å². The molecule has 0 N–H and O–H groups in total. The van der Waals surface area contributed by atoms with Gasteiger partial charge in [-0.1, -0.05) is 43.0 Å². The molecule has 1 aliphatic heterocycles. The molecule has 2 heterocycles. The first-order valence-electron chi connectivity index (χ1n) is 8.16. The number of pyridine rings is 1. The van der Waals surface area contributed by atoms with Gasteiger partial charge in [0, 0.05) is 18.4 Å². The number of nitrogens with zero attached hydrogens (tertiary/aromatic N) is 2. The lowest BCUT2D eigenvalue weighted by Gasteiger charge is -2.31. The summed E-state index contributed by atoms with van der Waals surface area (Å²) >= 11 is 1.55.